The van der Waals surface area contributed by atoms with Crippen molar-refractivity contribution < 1.29 is 9.36 Å². The average Bonchev–Trinajstić information content (AvgIpc) is 2.72. The smallest absolute Gasteiger partial charge is 0.240 e. The Labute approximate surface area is 75.9 Å². The summed E-state index contributed by atoms with van der Waals surface area (Å²) in [4.78, 5) is 11.6. The van der Waals surface area contributed by atoms with Crippen molar-refractivity contribution >= 4 is 5.91 Å². The highest BCUT2D eigenvalue weighted by molar-refractivity contribution is 5.98. The molecule has 0 amide bonds. The lowest BCUT2D eigenvalue weighted by atomic mass is 10.3. The van der Waals surface area contributed by atoms with Gasteiger partial charge in [0, 0.05) is 0 Å². The van der Waals surface area contributed by atoms with Gasteiger partial charge in [0.1, 0.15) is 18.0 Å². The van der Waals surface area contributed by atoms with Crippen LogP contribution in [0.4, 0.5) is 0 Å². The van der Waals surface area contributed by atoms with E-state index in [0.29, 0.717) is 5.57 Å². The molecular formula is C10H9N2O+. The first-order chi connectivity index (χ1) is 6.27. The van der Waals surface area contributed by atoms with Gasteiger partial charge in [-0.25, -0.2) is 9.36 Å². The summed E-state index contributed by atoms with van der Waals surface area (Å²) in [5.41, 5.74) is 3.46. The molecule has 0 saturated heterocycles. The molecule has 1 aliphatic carbocycles. The number of allylic oxidation sites excluding steroid dienone is 3. The zero-order valence-corrected chi connectivity index (χ0v) is 7.27. The highest BCUT2D eigenvalue weighted by Gasteiger charge is 2.15. The van der Waals surface area contributed by atoms with E-state index in [1.807, 2.05) is 17.8 Å². The van der Waals surface area contributed by atoms with Crippen molar-refractivity contribution in [2.75, 3.05) is 0 Å². The fraction of sp³-hybridized carbons (Fsp3) is 0.100. The van der Waals surface area contributed by atoms with Crippen LogP contribution in [0.1, 0.15) is 4.79 Å². The lowest BCUT2D eigenvalue weighted by Crippen LogP contribution is -2.25. The molecule has 2 rings (SSSR count). The maximum Gasteiger partial charge on any atom is 0.353 e. The Kier molecular flexibility index (Phi) is 1.72. The fourth-order valence-corrected chi connectivity index (χ4v) is 1.17. The minimum Gasteiger partial charge on any atom is -0.240 e. The van der Waals surface area contributed by atoms with E-state index in [0.717, 1.165) is 0 Å². The maximum atomic E-state index is 11.6. The number of rotatable bonds is 1. The summed E-state index contributed by atoms with van der Waals surface area (Å²) in [6.07, 6.45) is 10.6. The maximum absolute atomic E-state index is 11.6. The number of hydrogen-bond acceptors (Lipinski definition) is 1. The number of imidazole rings is 1. The first-order valence-corrected chi connectivity index (χ1v) is 3.99. The average molecular weight is 173 g/mol. The molecule has 0 aromatic carbocycles. The summed E-state index contributed by atoms with van der Waals surface area (Å²) in [6, 6.07) is 0. The molecule has 64 valence electrons. The normalized spacial score (nSPS) is 13.5. The van der Waals surface area contributed by atoms with Gasteiger partial charge in [-0.2, -0.15) is 4.57 Å². The molecule has 3 nitrogen and oxygen atoms in total. The summed E-state index contributed by atoms with van der Waals surface area (Å²) in [5, 5.41) is 0. The highest BCUT2D eigenvalue weighted by Crippen LogP contribution is 2.04. The minimum atomic E-state index is -0.0504. The molecule has 0 atom stereocenters. The number of carbonyl (C=O) groups is 1. The van der Waals surface area contributed by atoms with Gasteiger partial charge in [0.15, 0.2) is 0 Å². The van der Waals surface area contributed by atoms with Gasteiger partial charge in [-0.1, -0.05) is 6.08 Å². The Bertz CT molecular complexity index is 445. The molecule has 0 saturated carbocycles. The molecule has 1 aliphatic rings. The monoisotopic (exact) mass is 173 g/mol. The van der Waals surface area contributed by atoms with Crippen molar-refractivity contribution in [3.05, 3.63) is 48.3 Å². The van der Waals surface area contributed by atoms with Crippen LogP contribution in [0.25, 0.3) is 0 Å². The van der Waals surface area contributed by atoms with Crippen LogP contribution >= 0.6 is 0 Å². The third-order valence-electron chi connectivity index (χ3n) is 1.83. The Morgan fingerprint density at radius 2 is 2.46 bits per heavy atom. The topological polar surface area (TPSA) is 25.9 Å². The lowest BCUT2D eigenvalue weighted by molar-refractivity contribution is -0.670. The predicted octanol–water partition coefficient (Wildman–Crippen LogP) is 0.604. The Morgan fingerprint density at radius 3 is 3.00 bits per heavy atom. The molecule has 1 heterocycles. The lowest BCUT2D eigenvalue weighted by Gasteiger charge is -1.89. The van der Waals surface area contributed by atoms with Gasteiger partial charge in [0.2, 0.25) is 0 Å². The summed E-state index contributed by atoms with van der Waals surface area (Å²) < 4.78 is 3.35. The van der Waals surface area contributed by atoms with Crippen LogP contribution in [0.2, 0.25) is 0 Å². The molecule has 3 heteroatoms. The first-order valence-electron chi connectivity index (χ1n) is 3.99. The van der Waals surface area contributed by atoms with Gasteiger partial charge in [-0.05, 0) is 12.2 Å². The summed E-state index contributed by atoms with van der Waals surface area (Å²) in [6.45, 7) is 0. The molecule has 0 bridgehead atoms. The van der Waals surface area contributed by atoms with Gasteiger partial charge in [-0.15, -0.1) is 5.73 Å². The van der Waals surface area contributed by atoms with Crippen LogP contribution in [0.15, 0.2) is 48.3 Å². The van der Waals surface area contributed by atoms with Crippen LogP contribution < -0.4 is 4.57 Å². The Balaban J connectivity index is 2.33. The zero-order valence-electron chi connectivity index (χ0n) is 7.27. The second-order valence-electron chi connectivity index (χ2n) is 2.88. The first kappa shape index (κ1) is 7.77. The van der Waals surface area contributed by atoms with E-state index < -0.39 is 0 Å². The zero-order chi connectivity index (χ0) is 9.26. The summed E-state index contributed by atoms with van der Waals surface area (Å²) >= 11 is 0. The minimum absolute atomic E-state index is 0.0504. The molecule has 1 aromatic rings. The van der Waals surface area contributed by atoms with Crippen LogP contribution in [0, 0.1) is 0 Å². The fourth-order valence-electron chi connectivity index (χ4n) is 1.17. The molecule has 0 fully saturated rings. The van der Waals surface area contributed by atoms with Gasteiger partial charge in [0.05, 0.1) is 7.05 Å². The Morgan fingerprint density at radius 1 is 1.62 bits per heavy atom. The number of nitrogens with zero attached hydrogens (tertiary/aromatic N) is 2. The Hall–Kier alpha value is -1.86. The van der Waals surface area contributed by atoms with E-state index in [9.17, 15) is 4.79 Å². The largest absolute Gasteiger partial charge is 0.353 e. The summed E-state index contributed by atoms with van der Waals surface area (Å²) in [5.74, 6) is -0.0504. The number of carbonyl (C=O) groups excluding carboxylic acids is 1. The van der Waals surface area contributed by atoms with Crippen molar-refractivity contribution in [3.8, 4) is 0 Å². The van der Waals surface area contributed by atoms with Crippen molar-refractivity contribution in [2.24, 2.45) is 7.05 Å². The molecule has 0 radical (unpaired) electrons. The molecule has 1 aromatic heterocycles. The molecule has 0 N–H and O–H groups in total. The van der Waals surface area contributed by atoms with Gasteiger partial charge < -0.3 is 0 Å². The van der Waals surface area contributed by atoms with Crippen molar-refractivity contribution in [3.63, 3.8) is 0 Å². The molecular weight excluding hydrogens is 164 g/mol. The third-order valence-corrected chi connectivity index (χ3v) is 1.83. The molecule has 0 unspecified atom stereocenters. The molecule has 0 spiro atoms. The van der Waals surface area contributed by atoms with E-state index in [1.165, 1.54) is 4.57 Å². The number of aromatic nitrogens is 2. The second-order valence-corrected chi connectivity index (χ2v) is 2.88. The molecule has 0 aliphatic heterocycles. The van der Waals surface area contributed by atoms with E-state index in [2.05, 4.69) is 5.73 Å². The van der Waals surface area contributed by atoms with Crippen molar-refractivity contribution in [2.45, 2.75) is 0 Å². The van der Waals surface area contributed by atoms with Crippen LogP contribution in [0.5, 0.6) is 0 Å². The summed E-state index contributed by atoms with van der Waals surface area (Å²) in [7, 11) is 1.87. The van der Waals surface area contributed by atoms with E-state index in [1.54, 1.807) is 30.8 Å². The number of aryl methyl sites for hydroxylation is 1. The van der Waals surface area contributed by atoms with Crippen LogP contribution in [0.3, 0.4) is 0 Å². The van der Waals surface area contributed by atoms with Gasteiger partial charge in [-0.3, -0.25) is 0 Å². The van der Waals surface area contributed by atoms with Crippen LogP contribution in [-0.2, 0) is 7.05 Å². The second kappa shape index (κ2) is 2.88. The van der Waals surface area contributed by atoms with Crippen molar-refractivity contribution in [1.82, 2.24) is 4.57 Å². The van der Waals surface area contributed by atoms with Gasteiger partial charge >= 0.3 is 5.91 Å². The van der Waals surface area contributed by atoms with Crippen molar-refractivity contribution in [1.29, 1.82) is 0 Å². The van der Waals surface area contributed by atoms with E-state index >= 15 is 0 Å². The van der Waals surface area contributed by atoms with E-state index in [-0.39, 0.29) is 5.91 Å². The highest BCUT2D eigenvalue weighted by atomic mass is 16.2. The third kappa shape index (κ3) is 1.37. The standard InChI is InChI=1S/C10H9N2O/c1-11-6-7-12(8-11)10(13)9-4-2-3-5-9/h2-4,6-8H,1H3/q+1. The quantitative estimate of drug-likeness (QED) is 0.451. The SMILES string of the molecule is C[n+]1ccn(C(=O)C2=C=CC=C2)c1. The van der Waals surface area contributed by atoms with Crippen LogP contribution in [-0.4, -0.2) is 10.5 Å². The predicted molar refractivity (Wildman–Crippen MR) is 47.0 cm³/mol. The van der Waals surface area contributed by atoms with E-state index in [4.69, 9.17) is 0 Å². The number of hydrogen-bond donors (Lipinski definition) is 0. The molecule has 13 heavy (non-hydrogen) atoms. The van der Waals surface area contributed by atoms with Gasteiger partial charge in [0.25, 0.3) is 6.33 Å².